The number of allylic oxidation sites excluding steroid dienone is 1. The van der Waals surface area contributed by atoms with Gasteiger partial charge in [0.15, 0.2) is 0 Å². The number of hydrogen-bond acceptors (Lipinski definition) is 2. The molecule has 0 bridgehead atoms. The Balaban J connectivity index is 1.99. The average Bonchev–Trinajstić information content (AvgIpc) is 2.58. The number of anilines is 1. The number of hydrogen-bond donors (Lipinski definition) is 3. The topological polar surface area (TPSA) is 70.2 Å². The normalized spacial score (nSPS) is 16.8. The minimum absolute atomic E-state index is 0.334. The Morgan fingerprint density at radius 3 is 2.46 bits per heavy atom. The average molecular weight is 411 g/mol. The summed E-state index contributed by atoms with van der Waals surface area (Å²) in [5, 5.41) is 9.26. The molecule has 5 nitrogen and oxygen atoms in total. The monoisotopic (exact) mass is 409 g/mol. The molecule has 2 aromatic carbocycles. The molecule has 0 fully saturated rings. The maximum absolute atomic E-state index is 12.9. The fourth-order valence-corrected chi connectivity index (χ4v) is 3.18. The lowest BCUT2D eigenvalue weighted by atomic mass is 9.95. The van der Waals surface area contributed by atoms with Gasteiger partial charge in [0.2, 0.25) is 0 Å². The zero-order valence-electron chi connectivity index (χ0n) is 13.6. The fourth-order valence-electron chi connectivity index (χ4n) is 2.69. The molecule has 0 aliphatic carbocycles. The lowest BCUT2D eigenvalue weighted by Crippen LogP contribution is -2.46. The van der Waals surface area contributed by atoms with Gasteiger partial charge in [0.1, 0.15) is 0 Å². The van der Waals surface area contributed by atoms with Crippen LogP contribution in [0.1, 0.15) is 18.5 Å². The van der Waals surface area contributed by atoms with Gasteiger partial charge in [0, 0.05) is 5.70 Å². The van der Waals surface area contributed by atoms with Gasteiger partial charge in [-0.15, -0.1) is 0 Å². The van der Waals surface area contributed by atoms with Gasteiger partial charge >= 0.3 is 6.03 Å². The molecule has 1 aliphatic rings. The summed E-state index contributed by atoms with van der Waals surface area (Å²) in [5.74, 6) is -0.390. The molecule has 134 valence electrons. The van der Waals surface area contributed by atoms with Crippen LogP contribution in [0.3, 0.4) is 0 Å². The summed E-state index contributed by atoms with van der Waals surface area (Å²) in [6.07, 6.45) is 0. The second kappa shape index (κ2) is 7.58. The molecule has 0 saturated carbocycles. The Labute approximate surface area is 165 Å². The van der Waals surface area contributed by atoms with Gasteiger partial charge in [0.25, 0.3) is 5.91 Å². The third-order valence-electron chi connectivity index (χ3n) is 3.91. The summed E-state index contributed by atoms with van der Waals surface area (Å²) in [6, 6.07) is 10.8. The van der Waals surface area contributed by atoms with Crippen molar-refractivity contribution < 1.29 is 9.59 Å². The van der Waals surface area contributed by atoms with Crippen molar-refractivity contribution in [3.63, 3.8) is 0 Å². The summed E-state index contributed by atoms with van der Waals surface area (Å²) >= 11 is 18.2. The van der Waals surface area contributed by atoms with Crippen LogP contribution in [0.4, 0.5) is 10.5 Å². The maximum atomic E-state index is 12.9. The standard InChI is InChI=1S/C18H14Cl3N3O2/c1-9-15(17(25)23-14-5-3-2-4-12(14)20)16(24-18(26)22-9)10-6-7-11(19)13(21)8-10/h2-8,16H,1H3,(H,23,25)(H2,22,24,26)/t16-/m0/s1. The summed E-state index contributed by atoms with van der Waals surface area (Å²) in [6.45, 7) is 1.66. The molecule has 0 radical (unpaired) electrons. The van der Waals surface area contributed by atoms with Crippen LogP contribution < -0.4 is 16.0 Å². The van der Waals surface area contributed by atoms with Crippen LogP contribution in [0.5, 0.6) is 0 Å². The van der Waals surface area contributed by atoms with E-state index in [-0.39, 0.29) is 5.91 Å². The molecule has 2 aromatic rings. The van der Waals surface area contributed by atoms with Crippen molar-refractivity contribution in [2.75, 3.05) is 5.32 Å². The number of amides is 3. The highest BCUT2D eigenvalue weighted by Crippen LogP contribution is 2.32. The van der Waals surface area contributed by atoms with E-state index in [1.54, 1.807) is 49.4 Å². The summed E-state index contributed by atoms with van der Waals surface area (Å²) < 4.78 is 0. The summed E-state index contributed by atoms with van der Waals surface area (Å²) in [7, 11) is 0. The molecule has 3 N–H and O–H groups in total. The quantitative estimate of drug-likeness (QED) is 0.672. The van der Waals surface area contributed by atoms with Gasteiger partial charge in [-0.25, -0.2) is 4.79 Å². The first-order valence-electron chi connectivity index (χ1n) is 7.66. The van der Waals surface area contributed by atoms with Crippen molar-refractivity contribution in [2.45, 2.75) is 13.0 Å². The Kier molecular flexibility index (Phi) is 5.41. The minimum Gasteiger partial charge on any atom is -0.327 e. The second-order valence-corrected chi connectivity index (χ2v) is 6.90. The number of carbonyl (C=O) groups excluding carboxylic acids is 2. The van der Waals surface area contributed by atoms with Crippen molar-refractivity contribution in [3.8, 4) is 0 Å². The van der Waals surface area contributed by atoms with E-state index in [1.807, 2.05) is 0 Å². The van der Waals surface area contributed by atoms with E-state index in [0.717, 1.165) is 0 Å². The van der Waals surface area contributed by atoms with E-state index < -0.39 is 12.1 Å². The predicted octanol–water partition coefficient (Wildman–Crippen LogP) is 4.91. The number of carbonyl (C=O) groups is 2. The van der Waals surface area contributed by atoms with E-state index in [0.29, 0.717) is 37.6 Å². The van der Waals surface area contributed by atoms with Gasteiger partial charge in [-0.2, -0.15) is 0 Å². The van der Waals surface area contributed by atoms with Gasteiger partial charge < -0.3 is 16.0 Å². The first kappa shape index (κ1) is 18.6. The molecular formula is C18H14Cl3N3O2. The second-order valence-electron chi connectivity index (χ2n) is 5.68. The summed E-state index contributed by atoms with van der Waals surface area (Å²) in [4.78, 5) is 24.8. The molecule has 0 spiro atoms. The van der Waals surface area contributed by atoms with E-state index in [2.05, 4.69) is 16.0 Å². The number of rotatable bonds is 3. The molecule has 8 heteroatoms. The molecule has 1 heterocycles. The van der Waals surface area contributed by atoms with Crippen LogP contribution in [0, 0.1) is 0 Å². The van der Waals surface area contributed by atoms with Crippen LogP contribution in [0.2, 0.25) is 15.1 Å². The molecule has 1 atom stereocenters. The largest absolute Gasteiger partial charge is 0.327 e. The SMILES string of the molecule is CC1=C(C(=O)Nc2ccccc2Cl)[C@H](c2ccc(Cl)c(Cl)c2)NC(=O)N1. The Morgan fingerprint density at radius 2 is 1.77 bits per heavy atom. The molecule has 3 rings (SSSR count). The van der Waals surface area contributed by atoms with Gasteiger partial charge in [-0.05, 0) is 36.8 Å². The molecule has 0 saturated heterocycles. The first-order chi connectivity index (χ1) is 12.4. The van der Waals surface area contributed by atoms with Crippen molar-refractivity contribution >= 4 is 52.4 Å². The van der Waals surface area contributed by atoms with E-state index in [1.165, 1.54) is 0 Å². The van der Waals surface area contributed by atoms with Crippen LogP contribution in [0.25, 0.3) is 0 Å². The van der Waals surface area contributed by atoms with Gasteiger partial charge in [0.05, 0.1) is 32.4 Å². The van der Waals surface area contributed by atoms with Gasteiger partial charge in [-0.3, -0.25) is 4.79 Å². The van der Waals surface area contributed by atoms with E-state index in [4.69, 9.17) is 34.8 Å². The fraction of sp³-hybridized carbons (Fsp3) is 0.111. The molecule has 0 unspecified atom stereocenters. The number of halogens is 3. The highest BCUT2D eigenvalue weighted by molar-refractivity contribution is 6.42. The van der Waals surface area contributed by atoms with Crippen LogP contribution in [-0.2, 0) is 4.79 Å². The number of benzene rings is 2. The lowest BCUT2D eigenvalue weighted by Gasteiger charge is -2.29. The molecule has 3 amide bonds. The van der Waals surface area contributed by atoms with Crippen LogP contribution >= 0.6 is 34.8 Å². The number of urea groups is 1. The lowest BCUT2D eigenvalue weighted by molar-refractivity contribution is -0.113. The smallest absolute Gasteiger partial charge is 0.319 e. The van der Waals surface area contributed by atoms with Crippen molar-refractivity contribution in [3.05, 3.63) is 74.4 Å². The highest BCUT2D eigenvalue weighted by Gasteiger charge is 2.31. The third kappa shape index (κ3) is 3.80. The van der Waals surface area contributed by atoms with Crippen LogP contribution in [0.15, 0.2) is 53.7 Å². The molecule has 0 aromatic heterocycles. The van der Waals surface area contributed by atoms with Crippen molar-refractivity contribution in [1.29, 1.82) is 0 Å². The Morgan fingerprint density at radius 1 is 1.04 bits per heavy atom. The molecule has 1 aliphatic heterocycles. The van der Waals surface area contributed by atoms with E-state index in [9.17, 15) is 9.59 Å². The Bertz CT molecular complexity index is 928. The van der Waals surface area contributed by atoms with Crippen LogP contribution in [-0.4, -0.2) is 11.9 Å². The summed E-state index contributed by atoms with van der Waals surface area (Å²) in [5.41, 5.74) is 1.90. The third-order valence-corrected chi connectivity index (χ3v) is 4.98. The highest BCUT2D eigenvalue weighted by atomic mass is 35.5. The Hall–Kier alpha value is -2.21. The molecular weight excluding hydrogens is 397 g/mol. The zero-order valence-corrected chi connectivity index (χ0v) is 15.8. The first-order valence-corrected chi connectivity index (χ1v) is 8.79. The number of para-hydroxylation sites is 1. The van der Waals surface area contributed by atoms with E-state index >= 15 is 0 Å². The number of nitrogens with one attached hydrogen (secondary N) is 3. The van der Waals surface area contributed by atoms with Crippen molar-refractivity contribution in [1.82, 2.24) is 10.6 Å². The van der Waals surface area contributed by atoms with Crippen molar-refractivity contribution in [2.24, 2.45) is 0 Å². The van der Waals surface area contributed by atoms with Gasteiger partial charge in [-0.1, -0.05) is 53.0 Å². The predicted molar refractivity (Wildman–Crippen MR) is 104 cm³/mol. The maximum Gasteiger partial charge on any atom is 0.319 e. The zero-order chi connectivity index (χ0) is 18.8. The molecule has 26 heavy (non-hydrogen) atoms. The minimum atomic E-state index is -0.680.